The molecule has 5 heteroatoms. The summed E-state index contributed by atoms with van der Waals surface area (Å²) in [5.41, 5.74) is 3.00. The van der Waals surface area contributed by atoms with Gasteiger partial charge in [0.1, 0.15) is 0 Å². The summed E-state index contributed by atoms with van der Waals surface area (Å²) in [7, 11) is 1.87. The van der Waals surface area contributed by atoms with Crippen LogP contribution in [0.2, 0.25) is 0 Å². The number of benzene rings is 1. The summed E-state index contributed by atoms with van der Waals surface area (Å²) in [5.74, 6) is 1.59. The van der Waals surface area contributed by atoms with Crippen molar-refractivity contribution < 1.29 is 0 Å². The number of likely N-dealkylation sites (tertiary alicyclic amines) is 1. The summed E-state index contributed by atoms with van der Waals surface area (Å²) in [6, 6.07) is 9.97. The highest BCUT2D eigenvalue weighted by molar-refractivity contribution is 14.0. The smallest absolute Gasteiger partial charge is 0.191 e. The van der Waals surface area contributed by atoms with Crippen molar-refractivity contribution >= 4 is 29.9 Å². The second kappa shape index (κ2) is 9.04. The molecule has 1 aromatic carbocycles. The molecule has 0 amide bonds. The van der Waals surface area contributed by atoms with Gasteiger partial charge in [0.15, 0.2) is 5.96 Å². The number of halogens is 1. The number of nitrogens with zero attached hydrogens (tertiary/aromatic N) is 2. The van der Waals surface area contributed by atoms with E-state index in [4.69, 9.17) is 0 Å². The fraction of sp³-hybridized carbons (Fsp3) is 0.632. The topological polar surface area (TPSA) is 39.7 Å². The van der Waals surface area contributed by atoms with Gasteiger partial charge in [0.25, 0.3) is 0 Å². The second-order valence-electron chi connectivity index (χ2n) is 7.10. The third kappa shape index (κ3) is 4.63. The Morgan fingerprint density at radius 2 is 1.96 bits per heavy atom. The fourth-order valence-corrected chi connectivity index (χ4v) is 3.71. The molecule has 2 N–H and O–H groups in total. The van der Waals surface area contributed by atoms with Crippen LogP contribution in [0.25, 0.3) is 0 Å². The van der Waals surface area contributed by atoms with Gasteiger partial charge in [0.05, 0.1) is 0 Å². The number of aliphatic imine (C=N–C) groups is 1. The molecule has 1 aliphatic carbocycles. The van der Waals surface area contributed by atoms with Gasteiger partial charge in [0, 0.05) is 44.7 Å². The van der Waals surface area contributed by atoms with Gasteiger partial charge < -0.3 is 15.5 Å². The highest BCUT2D eigenvalue weighted by Crippen LogP contribution is 2.33. The predicted molar refractivity (Wildman–Crippen MR) is 113 cm³/mol. The Hall–Kier alpha value is -0.820. The quantitative estimate of drug-likeness (QED) is 0.428. The van der Waals surface area contributed by atoms with Gasteiger partial charge in [-0.1, -0.05) is 24.3 Å². The molecule has 0 radical (unpaired) electrons. The molecule has 0 spiro atoms. The molecule has 134 valence electrons. The minimum atomic E-state index is 0. The SMILES string of the molecule is CN=C(NCC1Cc2ccccc21)NC1CCN(C(C)C)CC1.I. The summed E-state index contributed by atoms with van der Waals surface area (Å²) in [5, 5.41) is 7.12. The normalized spacial score (nSPS) is 21.7. The van der Waals surface area contributed by atoms with Crippen LogP contribution in [0.1, 0.15) is 43.7 Å². The van der Waals surface area contributed by atoms with E-state index in [1.807, 2.05) is 7.05 Å². The van der Waals surface area contributed by atoms with Crippen LogP contribution < -0.4 is 10.6 Å². The molecule has 1 heterocycles. The van der Waals surface area contributed by atoms with E-state index in [0.29, 0.717) is 18.0 Å². The third-order valence-corrected chi connectivity index (χ3v) is 5.30. The Labute approximate surface area is 163 Å². The van der Waals surface area contributed by atoms with Crippen LogP contribution in [0.5, 0.6) is 0 Å². The van der Waals surface area contributed by atoms with Gasteiger partial charge >= 0.3 is 0 Å². The van der Waals surface area contributed by atoms with Gasteiger partial charge in [-0.05, 0) is 44.2 Å². The van der Waals surface area contributed by atoms with Crippen molar-refractivity contribution in [2.24, 2.45) is 4.99 Å². The maximum absolute atomic E-state index is 4.40. The third-order valence-electron chi connectivity index (χ3n) is 5.30. The van der Waals surface area contributed by atoms with Crippen LogP contribution in [-0.4, -0.2) is 49.6 Å². The zero-order valence-electron chi connectivity index (χ0n) is 15.1. The lowest BCUT2D eigenvalue weighted by Gasteiger charge is -2.36. The average molecular weight is 442 g/mol. The van der Waals surface area contributed by atoms with E-state index < -0.39 is 0 Å². The Morgan fingerprint density at radius 3 is 2.58 bits per heavy atom. The van der Waals surface area contributed by atoms with Crippen molar-refractivity contribution in [1.29, 1.82) is 0 Å². The molecule has 0 bridgehead atoms. The van der Waals surface area contributed by atoms with E-state index in [0.717, 1.165) is 12.5 Å². The zero-order valence-corrected chi connectivity index (χ0v) is 17.4. The van der Waals surface area contributed by atoms with Crippen molar-refractivity contribution in [3.05, 3.63) is 35.4 Å². The molecule has 4 nitrogen and oxygen atoms in total. The zero-order chi connectivity index (χ0) is 16.2. The number of hydrogen-bond acceptors (Lipinski definition) is 2. The standard InChI is InChI=1S/C19H30N4.HI/c1-14(2)23-10-8-17(9-11-23)22-19(20-3)21-13-16-12-15-6-4-5-7-18(15)16;/h4-7,14,16-17H,8-13H2,1-3H3,(H2,20,21,22);1H. The molecule has 0 saturated carbocycles. The number of hydrogen-bond donors (Lipinski definition) is 2. The first kappa shape index (κ1) is 19.5. The predicted octanol–water partition coefficient (Wildman–Crippen LogP) is 2.98. The van der Waals surface area contributed by atoms with Crippen molar-refractivity contribution in [3.8, 4) is 0 Å². The Balaban J connectivity index is 0.00000208. The maximum atomic E-state index is 4.40. The van der Waals surface area contributed by atoms with Crippen LogP contribution in [0.3, 0.4) is 0 Å². The summed E-state index contributed by atoms with van der Waals surface area (Å²) in [4.78, 5) is 6.96. The molecule has 1 fully saturated rings. The molecule has 1 atom stereocenters. The van der Waals surface area contributed by atoms with E-state index in [9.17, 15) is 0 Å². The lowest BCUT2D eigenvalue weighted by atomic mass is 9.78. The molecule has 24 heavy (non-hydrogen) atoms. The number of fused-ring (bicyclic) bond motifs is 1. The highest BCUT2D eigenvalue weighted by Gasteiger charge is 2.26. The minimum Gasteiger partial charge on any atom is -0.356 e. The van der Waals surface area contributed by atoms with Gasteiger partial charge in [-0.15, -0.1) is 24.0 Å². The van der Waals surface area contributed by atoms with Crippen LogP contribution in [-0.2, 0) is 6.42 Å². The van der Waals surface area contributed by atoms with Crippen LogP contribution in [0.15, 0.2) is 29.3 Å². The molecule has 1 unspecified atom stereocenters. The minimum absolute atomic E-state index is 0. The van der Waals surface area contributed by atoms with E-state index in [1.165, 1.54) is 43.5 Å². The summed E-state index contributed by atoms with van der Waals surface area (Å²) in [6.45, 7) is 7.90. The summed E-state index contributed by atoms with van der Waals surface area (Å²) in [6.07, 6.45) is 3.59. The Kier molecular flexibility index (Phi) is 7.34. The maximum Gasteiger partial charge on any atom is 0.191 e. The molecule has 1 aromatic rings. The molecule has 1 saturated heterocycles. The van der Waals surface area contributed by atoms with Gasteiger partial charge in [-0.25, -0.2) is 0 Å². The largest absolute Gasteiger partial charge is 0.356 e. The average Bonchev–Trinajstić information content (AvgIpc) is 2.55. The lowest BCUT2D eigenvalue weighted by Crippen LogP contribution is -2.50. The van der Waals surface area contributed by atoms with Crippen molar-refractivity contribution in [2.45, 2.75) is 51.1 Å². The first-order valence-electron chi connectivity index (χ1n) is 8.96. The van der Waals surface area contributed by atoms with Crippen LogP contribution >= 0.6 is 24.0 Å². The number of nitrogens with one attached hydrogen (secondary N) is 2. The van der Waals surface area contributed by atoms with E-state index in [-0.39, 0.29) is 24.0 Å². The van der Waals surface area contributed by atoms with Crippen LogP contribution in [0.4, 0.5) is 0 Å². The Bertz CT molecular complexity index is 550. The number of guanidine groups is 1. The number of rotatable bonds is 4. The fourth-order valence-electron chi connectivity index (χ4n) is 3.71. The van der Waals surface area contributed by atoms with E-state index in [1.54, 1.807) is 0 Å². The van der Waals surface area contributed by atoms with E-state index in [2.05, 4.69) is 58.6 Å². The molecule has 1 aliphatic heterocycles. The molecule has 0 aromatic heterocycles. The highest BCUT2D eigenvalue weighted by atomic mass is 127. The number of piperidine rings is 1. The van der Waals surface area contributed by atoms with Gasteiger partial charge in [0.2, 0.25) is 0 Å². The molecular formula is C19H31IN4. The Morgan fingerprint density at radius 1 is 1.25 bits per heavy atom. The van der Waals surface area contributed by atoms with Crippen molar-refractivity contribution in [1.82, 2.24) is 15.5 Å². The molecule has 3 rings (SSSR count). The second-order valence-corrected chi connectivity index (χ2v) is 7.10. The van der Waals surface area contributed by atoms with Crippen molar-refractivity contribution in [2.75, 3.05) is 26.7 Å². The first-order valence-corrected chi connectivity index (χ1v) is 8.96. The summed E-state index contributed by atoms with van der Waals surface area (Å²) < 4.78 is 0. The van der Waals surface area contributed by atoms with Crippen molar-refractivity contribution in [3.63, 3.8) is 0 Å². The molecular weight excluding hydrogens is 411 g/mol. The first-order chi connectivity index (χ1) is 11.2. The molecule has 2 aliphatic rings. The van der Waals surface area contributed by atoms with Gasteiger partial charge in [-0.2, -0.15) is 0 Å². The van der Waals surface area contributed by atoms with Gasteiger partial charge in [-0.3, -0.25) is 4.99 Å². The monoisotopic (exact) mass is 442 g/mol. The van der Waals surface area contributed by atoms with E-state index >= 15 is 0 Å². The summed E-state index contributed by atoms with van der Waals surface area (Å²) >= 11 is 0. The van der Waals surface area contributed by atoms with Crippen LogP contribution in [0, 0.1) is 0 Å². The lowest BCUT2D eigenvalue weighted by molar-refractivity contribution is 0.167.